The van der Waals surface area contributed by atoms with Crippen LogP contribution in [-0.4, -0.2) is 14.2 Å². The zero-order valence-electron chi connectivity index (χ0n) is 13.6. The van der Waals surface area contributed by atoms with E-state index in [-0.39, 0.29) is 6.04 Å². The van der Waals surface area contributed by atoms with Crippen molar-refractivity contribution in [1.29, 1.82) is 0 Å². The second-order valence-corrected chi connectivity index (χ2v) is 5.96. The normalized spacial score (nSPS) is 20.4. The Labute approximate surface area is 132 Å². The molecule has 1 aliphatic heterocycles. The molecule has 3 heteroatoms. The van der Waals surface area contributed by atoms with Crippen LogP contribution in [0.25, 0.3) is 0 Å². The molecule has 0 radical (unpaired) electrons. The van der Waals surface area contributed by atoms with Crippen LogP contribution in [-0.2, 0) is 6.42 Å². The van der Waals surface area contributed by atoms with Crippen molar-refractivity contribution >= 4 is 0 Å². The molecule has 2 aromatic rings. The van der Waals surface area contributed by atoms with Crippen LogP contribution in [0.4, 0.5) is 0 Å². The summed E-state index contributed by atoms with van der Waals surface area (Å²) in [4.78, 5) is 0. The van der Waals surface area contributed by atoms with Crippen molar-refractivity contribution in [2.75, 3.05) is 14.2 Å². The van der Waals surface area contributed by atoms with Crippen LogP contribution in [0.15, 0.2) is 36.4 Å². The molecule has 1 N–H and O–H groups in total. The van der Waals surface area contributed by atoms with E-state index in [0.717, 1.165) is 17.9 Å². The predicted octanol–water partition coefficient (Wildman–Crippen LogP) is 3.96. The average Bonchev–Trinajstić information content (AvgIpc) is 2.54. The highest BCUT2D eigenvalue weighted by molar-refractivity contribution is 5.50. The van der Waals surface area contributed by atoms with Gasteiger partial charge in [0.1, 0.15) is 0 Å². The van der Waals surface area contributed by atoms with Crippen LogP contribution < -0.4 is 14.8 Å². The van der Waals surface area contributed by atoms with E-state index >= 15 is 0 Å². The van der Waals surface area contributed by atoms with Crippen LogP contribution in [0.5, 0.6) is 11.5 Å². The molecule has 0 bridgehead atoms. The molecule has 2 aromatic carbocycles. The molecule has 22 heavy (non-hydrogen) atoms. The van der Waals surface area contributed by atoms with Crippen LogP contribution in [0.1, 0.15) is 41.3 Å². The molecule has 0 fully saturated rings. The maximum atomic E-state index is 5.45. The van der Waals surface area contributed by atoms with Crippen molar-refractivity contribution in [1.82, 2.24) is 5.32 Å². The Morgan fingerprint density at radius 3 is 2.27 bits per heavy atom. The molecule has 0 amide bonds. The maximum Gasteiger partial charge on any atom is 0.161 e. The fourth-order valence-corrected chi connectivity index (χ4v) is 3.20. The number of methoxy groups -OCH3 is 2. The van der Waals surface area contributed by atoms with Crippen molar-refractivity contribution in [2.45, 2.75) is 32.4 Å². The summed E-state index contributed by atoms with van der Waals surface area (Å²) in [6.45, 7) is 4.32. The highest BCUT2D eigenvalue weighted by Gasteiger charge is 2.26. The van der Waals surface area contributed by atoms with Gasteiger partial charge in [0.15, 0.2) is 11.5 Å². The van der Waals surface area contributed by atoms with E-state index in [4.69, 9.17) is 9.47 Å². The summed E-state index contributed by atoms with van der Waals surface area (Å²) in [6.07, 6.45) is 0.961. The largest absolute Gasteiger partial charge is 0.493 e. The molecule has 0 spiro atoms. The summed E-state index contributed by atoms with van der Waals surface area (Å²) < 4.78 is 10.9. The molecule has 0 saturated carbocycles. The van der Waals surface area contributed by atoms with Gasteiger partial charge in [0.2, 0.25) is 0 Å². The third-order valence-corrected chi connectivity index (χ3v) is 4.47. The van der Waals surface area contributed by atoms with Crippen LogP contribution in [0.2, 0.25) is 0 Å². The SMILES string of the molecule is COc1cc2c(cc1OC)C(C)NC(c1ccc(C)cc1)C2. The number of rotatable bonds is 3. The third kappa shape index (κ3) is 2.69. The highest BCUT2D eigenvalue weighted by atomic mass is 16.5. The van der Waals surface area contributed by atoms with Gasteiger partial charge < -0.3 is 14.8 Å². The molecule has 3 nitrogen and oxygen atoms in total. The van der Waals surface area contributed by atoms with Gasteiger partial charge in [-0.3, -0.25) is 0 Å². The monoisotopic (exact) mass is 297 g/mol. The molecular weight excluding hydrogens is 274 g/mol. The second-order valence-electron chi connectivity index (χ2n) is 5.96. The number of hydrogen-bond acceptors (Lipinski definition) is 3. The van der Waals surface area contributed by atoms with Gasteiger partial charge in [-0.2, -0.15) is 0 Å². The minimum absolute atomic E-state index is 0.287. The third-order valence-electron chi connectivity index (χ3n) is 4.47. The van der Waals surface area contributed by atoms with Gasteiger partial charge in [-0.05, 0) is 49.1 Å². The summed E-state index contributed by atoms with van der Waals surface area (Å²) >= 11 is 0. The first kappa shape index (κ1) is 14.9. The van der Waals surface area contributed by atoms with Gasteiger partial charge in [-0.15, -0.1) is 0 Å². The zero-order valence-corrected chi connectivity index (χ0v) is 13.6. The van der Waals surface area contributed by atoms with Gasteiger partial charge >= 0.3 is 0 Å². The smallest absolute Gasteiger partial charge is 0.161 e. The first-order valence-corrected chi connectivity index (χ1v) is 7.69. The Kier molecular flexibility index (Phi) is 4.08. The number of aryl methyl sites for hydroxylation is 1. The molecule has 2 unspecified atom stereocenters. The maximum absolute atomic E-state index is 5.45. The lowest BCUT2D eigenvalue weighted by Gasteiger charge is -2.32. The Balaban J connectivity index is 1.96. The van der Waals surface area contributed by atoms with Crippen molar-refractivity contribution in [2.24, 2.45) is 0 Å². The molecular formula is C19H23NO2. The average molecular weight is 297 g/mol. The summed E-state index contributed by atoms with van der Waals surface area (Å²) in [5, 5.41) is 3.70. The van der Waals surface area contributed by atoms with E-state index in [1.54, 1.807) is 14.2 Å². The summed E-state index contributed by atoms with van der Waals surface area (Å²) in [6, 6.07) is 13.6. The quantitative estimate of drug-likeness (QED) is 0.930. The number of benzene rings is 2. The van der Waals surface area contributed by atoms with Crippen molar-refractivity contribution in [3.8, 4) is 11.5 Å². The number of nitrogens with one attached hydrogen (secondary N) is 1. The number of hydrogen-bond donors (Lipinski definition) is 1. The second kappa shape index (κ2) is 6.01. The van der Waals surface area contributed by atoms with Gasteiger partial charge in [-0.1, -0.05) is 29.8 Å². The van der Waals surface area contributed by atoms with E-state index in [0.29, 0.717) is 6.04 Å². The lowest BCUT2D eigenvalue weighted by atomic mass is 9.87. The van der Waals surface area contributed by atoms with Crippen LogP contribution >= 0.6 is 0 Å². The minimum Gasteiger partial charge on any atom is -0.493 e. The molecule has 1 aliphatic rings. The van der Waals surface area contributed by atoms with Gasteiger partial charge in [0, 0.05) is 12.1 Å². The summed E-state index contributed by atoms with van der Waals surface area (Å²) in [5.41, 5.74) is 5.24. The highest BCUT2D eigenvalue weighted by Crippen LogP contribution is 2.38. The molecule has 2 atom stereocenters. The molecule has 116 valence electrons. The van der Waals surface area contributed by atoms with Crippen molar-refractivity contribution in [3.05, 3.63) is 58.7 Å². The van der Waals surface area contributed by atoms with E-state index in [2.05, 4.69) is 55.6 Å². The van der Waals surface area contributed by atoms with Crippen molar-refractivity contribution < 1.29 is 9.47 Å². The standard InChI is InChI=1S/C19H23NO2/c1-12-5-7-14(8-6-12)17-9-15-10-18(21-3)19(22-4)11-16(15)13(2)20-17/h5-8,10-11,13,17,20H,9H2,1-4H3. The van der Waals surface area contributed by atoms with Gasteiger partial charge in [-0.25, -0.2) is 0 Å². The van der Waals surface area contributed by atoms with Crippen LogP contribution in [0, 0.1) is 6.92 Å². The fourth-order valence-electron chi connectivity index (χ4n) is 3.20. The Bertz CT molecular complexity index is 664. The molecule has 1 heterocycles. The fraction of sp³-hybridized carbons (Fsp3) is 0.368. The lowest BCUT2D eigenvalue weighted by Crippen LogP contribution is -2.31. The van der Waals surface area contributed by atoms with Crippen LogP contribution in [0.3, 0.4) is 0 Å². The van der Waals surface area contributed by atoms with Gasteiger partial charge in [0.25, 0.3) is 0 Å². The summed E-state index contributed by atoms with van der Waals surface area (Å²) in [5.74, 6) is 1.60. The number of ether oxygens (including phenoxy) is 2. The van der Waals surface area contributed by atoms with E-state index in [1.807, 2.05) is 0 Å². The minimum atomic E-state index is 0.287. The molecule has 3 rings (SSSR count). The molecule has 0 aromatic heterocycles. The Morgan fingerprint density at radius 1 is 1.00 bits per heavy atom. The zero-order chi connectivity index (χ0) is 15.7. The summed E-state index contributed by atoms with van der Waals surface area (Å²) in [7, 11) is 3.37. The van der Waals surface area contributed by atoms with E-state index in [1.165, 1.54) is 22.3 Å². The first-order chi connectivity index (χ1) is 10.6. The lowest BCUT2D eigenvalue weighted by molar-refractivity contribution is 0.350. The molecule has 0 saturated heterocycles. The van der Waals surface area contributed by atoms with E-state index in [9.17, 15) is 0 Å². The van der Waals surface area contributed by atoms with Crippen molar-refractivity contribution in [3.63, 3.8) is 0 Å². The topological polar surface area (TPSA) is 30.5 Å². The number of fused-ring (bicyclic) bond motifs is 1. The predicted molar refractivity (Wildman–Crippen MR) is 88.7 cm³/mol. The van der Waals surface area contributed by atoms with Gasteiger partial charge in [0.05, 0.1) is 14.2 Å². The molecule has 0 aliphatic carbocycles. The Morgan fingerprint density at radius 2 is 1.64 bits per heavy atom. The van der Waals surface area contributed by atoms with E-state index < -0.39 is 0 Å². The Hall–Kier alpha value is -2.00. The first-order valence-electron chi connectivity index (χ1n) is 7.69.